The molecule has 12 heavy (non-hydrogen) atoms. The van der Waals surface area contributed by atoms with Gasteiger partial charge in [0.2, 0.25) is 0 Å². The van der Waals surface area contributed by atoms with Crippen LogP contribution < -0.4 is 20.9 Å². The van der Waals surface area contributed by atoms with E-state index < -0.39 is 17.1 Å². The highest BCUT2D eigenvalue weighted by Crippen LogP contribution is 2.04. The van der Waals surface area contributed by atoms with Crippen LogP contribution in [-0.2, 0) is 0 Å². The molecule has 7 heteroatoms. The molecular formula is C5H3N3O3S. The lowest BCUT2D eigenvalue weighted by molar-refractivity contribution is -0.636. The minimum absolute atomic E-state index is 0.180. The van der Waals surface area contributed by atoms with Crippen molar-refractivity contribution in [3.63, 3.8) is 0 Å². The summed E-state index contributed by atoms with van der Waals surface area (Å²) in [6.07, 6.45) is 0. The summed E-state index contributed by atoms with van der Waals surface area (Å²) >= 11 is 0.986. The average Bonchev–Trinajstić information content (AvgIpc) is 2.33. The topological polar surface area (TPSA) is 92.9 Å². The Labute approximate surface area is 68.7 Å². The first-order valence-electron chi connectivity index (χ1n) is 3.01. The Balaban J connectivity index is 3.13. The zero-order chi connectivity index (χ0) is 8.72. The van der Waals surface area contributed by atoms with Crippen molar-refractivity contribution in [2.24, 2.45) is 0 Å². The summed E-state index contributed by atoms with van der Waals surface area (Å²) in [5.41, 5.74) is -1.24. The van der Waals surface area contributed by atoms with Gasteiger partial charge in [0.05, 0.1) is 5.38 Å². The fraction of sp³-hybridized carbons (Fsp3) is 0. The number of fused-ring (bicyclic) bond motifs is 1. The zero-order valence-corrected chi connectivity index (χ0v) is 6.47. The average molecular weight is 185 g/mol. The van der Waals surface area contributed by atoms with Crippen molar-refractivity contribution < 1.29 is 9.62 Å². The van der Waals surface area contributed by atoms with Crippen molar-refractivity contribution in [3.05, 3.63) is 26.2 Å². The first-order valence-corrected chi connectivity index (χ1v) is 3.89. The van der Waals surface area contributed by atoms with Crippen LogP contribution in [0, 0.1) is 0 Å². The Morgan fingerprint density at radius 1 is 1.50 bits per heavy atom. The fourth-order valence-corrected chi connectivity index (χ4v) is 1.58. The molecule has 0 spiro atoms. The molecule has 0 aliphatic carbocycles. The van der Waals surface area contributed by atoms with E-state index >= 15 is 0 Å². The van der Waals surface area contributed by atoms with Crippen molar-refractivity contribution in [1.82, 2.24) is 10.1 Å². The lowest BCUT2D eigenvalue weighted by atomic mass is 10.8. The van der Waals surface area contributed by atoms with Crippen LogP contribution >= 0.6 is 11.3 Å². The van der Waals surface area contributed by atoms with Crippen LogP contribution in [0.1, 0.15) is 0 Å². The smallest absolute Gasteiger partial charge is 0.375 e. The summed E-state index contributed by atoms with van der Waals surface area (Å²) in [4.78, 5) is 23.9. The molecule has 0 saturated carbocycles. The number of H-pyrrole nitrogens is 2. The predicted molar refractivity (Wildman–Crippen MR) is 38.2 cm³/mol. The first kappa shape index (κ1) is 7.04. The molecule has 2 heterocycles. The molecule has 0 aliphatic heterocycles. The van der Waals surface area contributed by atoms with E-state index in [2.05, 4.69) is 5.10 Å². The van der Waals surface area contributed by atoms with Gasteiger partial charge in [0.1, 0.15) is 0 Å². The summed E-state index contributed by atoms with van der Waals surface area (Å²) < 4.78 is 0.922. The third kappa shape index (κ3) is 0.832. The van der Waals surface area contributed by atoms with Gasteiger partial charge in [-0.15, -0.1) is 5.10 Å². The molecule has 2 aromatic heterocycles. The van der Waals surface area contributed by atoms with E-state index in [-0.39, 0.29) is 4.83 Å². The number of nitrogens with zero attached hydrogens (tertiary/aromatic N) is 1. The molecule has 0 aliphatic rings. The minimum atomic E-state index is -0.687. The van der Waals surface area contributed by atoms with Crippen LogP contribution in [0.4, 0.5) is 0 Å². The molecule has 0 bridgehead atoms. The van der Waals surface area contributed by atoms with E-state index in [1.54, 1.807) is 0 Å². The van der Waals surface area contributed by atoms with E-state index in [0.717, 1.165) is 15.9 Å². The van der Waals surface area contributed by atoms with E-state index in [1.165, 1.54) is 5.38 Å². The number of thiazole rings is 1. The molecule has 0 fully saturated rings. The van der Waals surface area contributed by atoms with Gasteiger partial charge in [-0.25, -0.2) is 4.79 Å². The maximum atomic E-state index is 11.0. The maximum absolute atomic E-state index is 11.0. The van der Waals surface area contributed by atoms with Gasteiger partial charge in [0, 0.05) is 0 Å². The van der Waals surface area contributed by atoms with Gasteiger partial charge in [-0.3, -0.25) is 9.78 Å². The summed E-state index contributed by atoms with van der Waals surface area (Å²) in [5, 5.41) is 14.4. The van der Waals surface area contributed by atoms with Crippen molar-refractivity contribution in [2.45, 2.75) is 0 Å². The minimum Gasteiger partial charge on any atom is -0.821 e. The molecular weight excluding hydrogens is 182 g/mol. The molecule has 2 rings (SSSR count). The highest BCUT2D eigenvalue weighted by atomic mass is 32.1. The molecule has 0 aromatic carbocycles. The Morgan fingerprint density at radius 3 is 3.00 bits per heavy atom. The fourth-order valence-electron chi connectivity index (χ4n) is 0.859. The lowest BCUT2D eigenvalue weighted by Gasteiger charge is -1.88. The normalized spacial score (nSPS) is 10.7. The van der Waals surface area contributed by atoms with Crippen LogP contribution in [-0.4, -0.2) is 10.1 Å². The molecule has 6 nitrogen and oxygen atoms in total. The lowest BCUT2D eigenvalue weighted by Crippen LogP contribution is -2.41. The zero-order valence-electron chi connectivity index (χ0n) is 5.66. The third-order valence-corrected chi connectivity index (χ3v) is 2.24. The Kier molecular flexibility index (Phi) is 1.28. The molecule has 2 aromatic rings. The van der Waals surface area contributed by atoms with Crippen molar-refractivity contribution in [1.29, 1.82) is 0 Å². The summed E-state index contributed by atoms with van der Waals surface area (Å²) in [5.74, 6) is -0.404. The van der Waals surface area contributed by atoms with E-state index in [0.29, 0.717) is 0 Å². The third-order valence-electron chi connectivity index (χ3n) is 1.33. The summed E-state index contributed by atoms with van der Waals surface area (Å²) in [6, 6.07) is 0. The van der Waals surface area contributed by atoms with Crippen molar-refractivity contribution in [2.75, 3.05) is 0 Å². The molecule has 0 atom stereocenters. The summed E-state index contributed by atoms with van der Waals surface area (Å²) in [6.45, 7) is 0. The number of nitrogens with one attached hydrogen (secondary N) is 2. The molecule has 62 valence electrons. The maximum Gasteiger partial charge on any atom is 0.375 e. The predicted octanol–water partition coefficient (Wildman–Crippen LogP) is -2.06. The summed E-state index contributed by atoms with van der Waals surface area (Å²) in [7, 11) is 0. The van der Waals surface area contributed by atoms with Crippen LogP contribution in [0.2, 0.25) is 0 Å². The van der Waals surface area contributed by atoms with Gasteiger partial charge in [-0.1, -0.05) is 15.9 Å². The van der Waals surface area contributed by atoms with E-state index in [4.69, 9.17) is 0 Å². The number of hydrogen-bond acceptors (Lipinski definition) is 4. The quantitative estimate of drug-likeness (QED) is 0.462. The second-order valence-electron chi connectivity index (χ2n) is 2.11. The Bertz CT molecular complexity index is 537. The highest BCUT2D eigenvalue weighted by molar-refractivity contribution is 7.15. The molecule has 0 saturated heterocycles. The Morgan fingerprint density at radius 2 is 2.25 bits per heavy atom. The van der Waals surface area contributed by atoms with E-state index in [1.807, 2.05) is 4.98 Å². The van der Waals surface area contributed by atoms with Gasteiger partial charge >= 0.3 is 16.1 Å². The molecule has 0 unspecified atom stereocenters. The second kappa shape index (κ2) is 2.18. The van der Waals surface area contributed by atoms with Gasteiger partial charge in [-0.05, 0) is 0 Å². The van der Waals surface area contributed by atoms with Crippen LogP contribution in [0.5, 0.6) is 5.88 Å². The van der Waals surface area contributed by atoms with Crippen LogP contribution in [0.3, 0.4) is 0 Å². The van der Waals surface area contributed by atoms with Crippen molar-refractivity contribution >= 4 is 16.2 Å². The van der Waals surface area contributed by atoms with Crippen molar-refractivity contribution in [3.8, 4) is 5.88 Å². The number of aromatic nitrogens is 3. The number of rotatable bonds is 0. The van der Waals surface area contributed by atoms with E-state index in [9.17, 15) is 14.7 Å². The van der Waals surface area contributed by atoms with Crippen LogP contribution in [0.15, 0.2) is 15.0 Å². The number of aromatic amines is 2. The van der Waals surface area contributed by atoms with Gasteiger partial charge in [0.15, 0.2) is 5.88 Å². The first-order chi connectivity index (χ1) is 5.68. The molecule has 0 radical (unpaired) electrons. The SMILES string of the molecule is O=c1[nH]c(=O)c2scc([O-])[n+]2[nH]1. The highest BCUT2D eigenvalue weighted by Gasteiger charge is 2.11. The van der Waals surface area contributed by atoms with Gasteiger partial charge in [0.25, 0.3) is 0 Å². The van der Waals surface area contributed by atoms with Crippen LogP contribution in [0.25, 0.3) is 4.83 Å². The standard InChI is InChI=1S/C5H3N3O3S/c9-2-1-12-4-3(10)6-5(11)7-8(2)4/h1H,(H2-,6,7,9,10,11). The Hall–Kier alpha value is -1.63. The molecule has 2 N–H and O–H groups in total. The second-order valence-corrected chi connectivity index (χ2v) is 2.97. The monoisotopic (exact) mass is 185 g/mol. The van der Waals surface area contributed by atoms with Gasteiger partial charge in [-0.2, -0.15) is 0 Å². The largest absolute Gasteiger partial charge is 0.821 e. The molecule has 0 amide bonds. The van der Waals surface area contributed by atoms with Gasteiger partial charge < -0.3 is 5.11 Å². The number of hydrogen-bond donors (Lipinski definition) is 2.